The normalized spacial score (nSPS) is 14.3. The van der Waals surface area contributed by atoms with Crippen LogP contribution >= 0.6 is 0 Å². The van der Waals surface area contributed by atoms with E-state index in [0.29, 0.717) is 0 Å². The molecule has 4 heteroatoms. The second kappa shape index (κ2) is 14.8. The van der Waals surface area contributed by atoms with E-state index in [9.17, 15) is 9.59 Å². The van der Waals surface area contributed by atoms with E-state index in [-0.39, 0.29) is 6.42 Å². The van der Waals surface area contributed by atoms with Gasteiger partial charge in [-0.3, -0.25) is 4.79 Å². The molecule has 2 atom stereocenters. The van der Waals surface area contributed by atoms with Gasteiger partial charge in [0.2, 0.25) is 0 Å². The number of ether oxygens (including phenoxy) is 1. The number of carbonyl (C=O) groups is 2. The summed E-state index contributed by atoms with van der Waals surface area (Å²) in [4.78, 5) is 21.4. The van der Waals surface area contributed by atoms with Gasteiger partial charge in [-0.1, -0.05) is 84.3 Å². The number of allylic oxidation sites excluding steroid dienone is 1. The number of esters is 1. The monoisotopic (exact) mass is 368 g/mol. The molecule has 1 N–H and O–H groups in total. The first-order chi connectivity index (χ1) is 12.2. The number of rotatable bonds is 14. The van der Waals surface area contributed by atoms with Crippen LogP contribution in [0.3, 0.4) is 0 Å². The van der Waals surface area contributed by atoms with E-state index in [2.05, 4.69) is 32.4 Å². The molecule has 0 radical (unpaired) electrons. The Kier molecular flexibility index (Phi) is 14.1. The SMILES string of the molecule is C/C(=C\CC(=O)OC(=O)O)CCC[C@H](C)CCC[C@H](C)CCCC(C)C. The Morgan fingerprint density at radius 2 is 1.38 bits per heavy atom. The zero-order valence-electron chi connectivity index (χ0n) is 17.6. The van der Waals surface area contributed by atoms with Crippen molar-refractivity contribution in [3.05, 3.63) is 11.6 Å². The molecule has 0 fully saturated rings. The highest BCUT2D eigenvalue weighted by molar-refractivity contribution is 5.81. The summed E-state index contributed by atoms with van der Waals surface area (Å²) in [5.41, 5.74) is 1.12. The van der Waals surface area contributed by atoms with Gasteiger partial charge in [0.05, 0.1) is 6.42 Å². The highest BCUT2D eigenvalue weighted by Crippen LogP contribution is 2.22. The lowest BCUT2D eigenvalue weighted by molar-refractivity contribution is -0.137. The van der Waals surface area contributed by atoms with Crippen LogP contribution in [0.1, 0.15) is 98.8 Å². The number of carbonyl (C=O) groups excluding carboxylic acids is 1. The summed E-state index contributed by atoms with van der Waals surface area (Å²) in [6, 6.07) is 0. The zero-order chi connectivity index (χ0) is 19.9. The maximum atomic E-state index is 11.2. The van der Waals surface area contributed by atoms with Gasteiger partial charge in [0, 0.05) is 0 Å². The van der Waals surface area contributed by atoms with Gasteiger partial charge in [0.25, 0.3) is 0 Å². The smallest absolute Gasteiger partial charge is 0.449 e. The molecule has 0 saturated heterocycles. The summed E-state index contributed by atoms with van der Waals surface area (Å²) in [5, 5.41) is 8.36. The number of hydrogen-bond acceptors (Lipinski definition) is 3. The predicted octanol–water partition coefficient (Wildman–Crippen LogP) is 6.98. The minimum atomic E-state index is -1.54. The maximum absolute atomic E-state index is 11.2. The largest absolute Gasteiger partial charge is 0.513 e. The molecule has 0 bridgehead atoms. The molecule has 0 saturated carbocycles. The lowest BCUT2D eigenvalue weighted by atomic mass is 9.91. The summed E-state index contributed by atoms with van der Waals surface area (Å²) >= 11 is 0. The standard InChI is InChI=1S/C22H40O4/c1-17(2)9-6-10-18(3)11-7-12-19(4)13-8-14-20(5)15-16-21(23)26-22(24)25/h15,17-19H,6-14,16H2,1-5H3,(H,24,25)/b20-15+/t18-,19-/m1/s1. The van der Waals surface area contributed by atoms with E-state index in [1.54, 1.807) is 6.08 Å². The van der Waals surface area contributed by atoms with E-state index >= 15 is 0 Å². The predicted molar refractivity (Wildman–Crippen MR) is 107 cm³/mol. The van der Waals surface area contributed by atoms with Gasteiger partial charge in [0.1, 0.15) is 0 Å². The first-order valence-electron chi connectivity index (χ1n) is 10.3. The Morgan fingerprint density at radius 1 is 0.885 bits per heavy atom. The van der Waals surface area contributed by atoms with Crippen LogP contribution in [0.25, 0.3) is 0 Å². The van der Waals surface area contributed by atoms with Crippen LogP contribution in [0, 0.1) is 17.8 Å². The summed E-state index contributed by atoms with van der Waals surface area (Å²) in [6.45, 7) is 11.3. The third kappa shape index (κ3) is 16.2. The van der Waals surface area contributed by atoms with Crippen LogP contribution in [0.5, 0.6) is 0 Å². The summed E-state index contributed by atoms with van der Waals surface area (Å²) < 4.78 is 4.08. The molecule has 0 spiro atoms. The van der Waals surface area contributed by atoms with E-state index < -0.39 is 12.1 Å². The molecule has 0 unspecified atom stereocenters. The summed E-state index contributed by atoms with van der Waals surface area (Å²) in [7, 11) is 0. The van der Waals surface area contributed by atoms with Gasteiger partial charge in [-0.05, 0) is 37.5 Å². The van der Waals surface area contributed by atoms with Crippen molar-refractivity contribution in [1.82, 2.24) is 0 Å². The topological polar surface area (TPSA) is 63.6 Å². The third-order valence-electron chi connectivity index (χ3n) is 4.96. The molecule has 152 valence electrons. The van der Waals surface area contributed by atoms with Crippen LogP contribution in [0.2, 0.25) is 0 Å². The zero-order valence-corrected chi connectivity index (χ0v) is 17.6. The highest BCUT2D eigenvalue weighted by atomic mass is 16.7. The average Bonchev–Trinajstić information content (AvgIpc) is 2.52. The Morgan fingerprint density at radius 3 is 1.88 bits per heavy atom. The van der Waals surface area contributed by atoms with Gasteiger partial charge >= 0.3 is 12.1 Å². The fourth-order valence-corrected chi connectivity index (χ4v) is 3.21. The Hall–Kier alpha value is -1.32. The number of carboxylic acid groups (broad SMARTS) is 1. The van der Waals surface area contributed by atoms with Crippen molar-refractivity contribution in [2.45, 2.75) is 98.8 Å². The van der Waals surface area contributed by atoms with Crippen LogP contribution in [0.15, 0.2) is 11.6 Å². The lowest BCUT2D eigenvalue weighted by Crippen LogP contribution is -2.08. The van der Waals surface area contributed by atoms with Crippen molar-refractivity contribution in [3.63, 3.8) is 0 Å². The molecule has 0 aromatic rings. The quantitative estimate of drug-likeness (QED) is 0.204. The molecule has 0 aliphatic carbocycles. The van der Waals surface area contributed by atoms with E-state index in [1.807, 2.05) is 6.92 Å². The average molecular weight is 369 g/mol. The minimum absolute atomic E-state index is 0.0301. The molecule has 0 aliphatic rings. The molecule has 26 heavy (non-hydrogen) atoms. The Bertz CT molecular complexity index is 426. The van der Waals surface area contributed by atoms with Gasteiger partial charge in [0.15, 0.2) is 0 Å². The Labute approximate surface area is 160 Å². The van der Waals surface area contributed by atoms with Crippen molar-refractivity contribution in [3.8, 4) is 0 Å². The molecule has 0 rings (SSSR count). The fraction of sp³-hybridized carbons (Fsp3) is 0.818. The van der Waals surface area contributed by atoms with Crippen LogP contribution in [-0.2, 0) is 9.53 Å². The van der Waals surface area contributed by atoms with Crippen LogP contribution in [-0.4, -0.2) is 17.2 Å². The van der Waals surface area contributed by atoms with Gasteiger partial charge < -0.3 is 9.84 Å². The van der Waals surface area contributed by atoms with E-state index in [0.717, 1.165) is 36.2 Å². The van der Waals surface area contributed by atoms with Crippen molar-refractivity contribution in [2.24, 2.45) is 17.8 Å². The molecule has 0 heterocycles. The van der Waals surface area contributed by atoms with Gasteiger partial charge in [-0.15, -0.1) is 0 Å². The highest BCUT2D eigenvalue weighted by Gasteiger charge is 2.08. The van der Waals surface area contributed by atoms with Crippen molar-refractivity contribution < 1.29 is 19.4 Å². The van der Waals surface area contributed by atoms with E-state index in [1.165, 1.54) is 44.9 Å². The van der Waals surface area contributed by atoms with Gasteiger partial charge in [-0.25, -0.2) is 4.79 Å². The molecule has 0 aromatic heterocycles. The van der Waals surface area contributed by atoms with Crippen molar-refractivity contribution in [1.29, 1.82) is 0 Å². The Balaban J connectivity index is 3.74. The summed E-state index contributed by atoms with van der Waals surface area (Å²) in [5.74, 6) is 1.69. The maximum Gasteiger partial charge on any atom is 0.513 e. The first kappa shape index (κ1) is 24.7. The minimum Gasteiger partial charge on any atom is -0.449 e. The summed E-state index contributed by atoms with van der Waals surface area (Å²) in [6.07, 6.45) is 11.6. The van der Waals surface area contributed by atoms with Crippen molar-refractivity contribution >= 4 is 12.1 Å². The molecular formula is C22H40O4. The molecule has 0 amide bonds. The van der Waals surface area contributed by atoms with Crippen molar-refractivity contribution in [2.75, 3.05) is 0 Å². The van der Waals surface area contributed by atoms with Crippen LogP contribution in [0.4, 0.5) is 4.79 Å². The molecule has 0 aliphatic heterocycles. The van der Waals surface area contributed by atoms with Crippen LogP contribution < -0.4 is 0 Å². The third-order valence-corrected chi connectivity index (χ3v) is 4.96. The van der Waals surface area contributed by atoms with Gasteiger partial charge in [-0.2, -0.15) is 0 Å². The molecule has 4 nitrogen and oxygen atoms in total. The second-order valence-corrected chi connectivity index (χ2v) is 8.35. The van der Waals surface area contributed by atoms with E-state index in [4.69, 9.17) is 5.11 Å². The fourth-order valence-electron chi connectivity index (χ4n) is 3.21. The molecular weight excluding hydrogens is 328 g/mol. The lowest BCUT2D eigenvalue weighted by Gasteiger charge is -2.15. The molecule has 0 aromatic carbocycles. The number of hydrogen-bond donors (Lipinski definition) is 1. The first-order valence-corrected chi connectivity index (χ1v) is 10.3. The second-order valence-electron chi connectivity index (χ2n) is 8.35.